The van der Waals surface area contributed by atoms with E-state index in [1.165, 1.54) is 5.56 Å². The van der Waals surface area contributed by atoms with E-state index in [0.717, 1.165) is 22.4 Å². The number of methoxy groups -OCH3 is 1. The van der Waals surface area contributed by atoms with Gasteiger partial charge in [0, 0.05) is 11.6 Å². The standard InChI is InChI=1S/C28H28O4/c1-18-14-22(31-17-20-8-6-7-9-23(20)30-5)16-24-26(18)27(29)25(32-24)15-19-10-12-21(13-11-19)28(2,3)4/h6-16H,17H2,1-5H3/b25-15-. The first kappa shape index (κ1) is 21.7. The van der Waals surface area contributed by atoms with Crippen molar-refractivity contribution in [3.8, 4) is 17.2 Å². The van der Waals surface area contributed by atoms with Crippen molar-refractivity contribution in [3.05, 3.63) is 94.2 Å². The lowest BCUT2D eigenvalue weighted by molar-refractivity contribution is 0.101. The Labute approximate surface area is 189 Å². The van der Waals surface area contributed by atoms with E-state index in [1.54, 1.807) is 19.3 Å². The van der Waals surface area contributed by atoms with Crippen LogP contribution in [-0.4, -0.2) is 12.9 Å². The summed E-state index contributed by atoms with van der Waals surface area (Å²) in [7, 11) is 1.64. The van der Waals surface area contributed by atoms with Crippen molar-refractivity contribution in [2.45, 2.75) is 39.7 Å². The Balaban J connectivity index is 1.54. The van der Waals surface area contributed by atoms with E-state index in [-0.39, 0.29) is 11.2 Å². The fourth-order valence-corrected chi connectivity index (χ4v) is 3.77. The van der Waals surface area contributed by atoms with Crippen molar-refractivity contribution >= 4 is 11.9 Å². The average molecular weight is 429 g/mol. The molecule has 4 nitrogen and oxygen atoms in total. The number of carbonyl (C=O) groups is 1. The molecule has 0 amide bonds. The van der Waals surface area contributed by atoms with Gasteiger partial charge in [-0.15, -0.1) is 0 Å². The number of Topliss-reactive ketones (excluding diaryl/α,β-unsaturated/α-hetero) is 1. The number of benzene rings is 3. The lowest BCUT2D eigenvalue weighted by Crippen LogP contribution is -2.10. The first-order chi connectivity index (χ1) is 15.3. The molecule has 0 saturated carbocycles. The van der Waals surface area contributed by atoms with E-state index in [0.29, 0.717) is 29.4 Å². The van der Waals surface area contributed by atoms with E-state index in [1.807, 2.05) is 49.4 Å². The zero-order chi connectivity index (χ0) is 22.9. The molecule has 0 fully saturated rings. The van der Waals surface area contributed by atoms with Crippen LogP contribution in [0.4, 0.5) is 0 Å². The molecule has 4 heteroatoms. The van der Waals surface area contributed by atoms with Crippen LogP contribution in [0.3, 0.4) is 0 Å². The molecule has 3 aromatic rings. The number of allylic oxidation sites excluding steroid dienone is 1. The normalized spacial score (nSPS) is 14.3. The van der Waals surface area contributed by atoms with Crippen molar-refractivity contribution < 1.29 is 19.0 Å². The van der Waals surface area contributed by atoms with E-state index in [2.05, 4.69) is 32.9 Å². The second-order valence-corrected chi connectivity index (χ2v) is 9.03. The molecule has 0 spiro atoms. The van der Waals surface area contributed by atoms with E-state index >= 15 is 0 Å². The fourth-order valence-electron chi connectivity index (χ4n) is 3.77. The van der Waals surface area contributed by atoms with Crippen LogP contribution in [0.25, 0.3) is 6.08 Å². The Morgan fingerprint density at radius 2 is 1.72 bits per heavy atom. The van der Waals surface area contributed by atoms with Gasteiger partial charge in [-0.05, 0) is 47.2 Å². The zero-order valence-electron chi connectivity index (χ0n) is 19.2. The van der Waals surface area contributed by atoms with Gasteiger partial charge in [-0.25, -0.2) is 0 Å². The van der Waals surface area contributed by atoms with Crippen molar-refractivity contribution in [1.82, 2.24) is 0 Å². The highest BCUT2D eigenvalue weighted by Gasteiger charge is 2.30. The summed E-state index contributed by atoms with van der Waals surface area (Å²) in [6, 6.07) is 19.6. The van der Waals surface area contributed by atoms with Gasteiger partial charge in [0.25, 0.3) is 0 Å². The smallest absolute Gasteiger partial charge is 0.232 e. The van der Waals surface area contributed by atoms with Gasteiger partial charge >= 0.3 is 0 Å². The molecule has 0 radical (unpaired) electrons. The molecule has 1 heterocycles. The molecule has 0 N–H and O–H groups in total. The Bertz CT molecular complexity index is 1180. The van der Waals surface area contributed by atoms with Crippen molar-refractivity contribution in [1.29, 1.82) is 0 Å². The highest BCUT2D eigenvalue weighted by Crippen LogP contribution is 2.38. The minimum Gasteiger partial charge on any atom is -0.496 e. The lowest BCUT2D eigenvalue weighted by atomic mass is 9.86. The Morgan fingerprint density at radius 1 is 1.00 bits per heavy atom. The SMILES string of the molecule is COc1ccccc1COc1cc(C)c2c(c1)O/C(=C\c1ccc(C(C)(C)C)cc1)C2=O. The zero-order valence-corrected chi connectivity index (χ0v) is 19.2. The van der Waals surface area contributed by atoms with Crippen LogP contribution in [0.5, 0.6) is 17.2 Å². The van der Waals surface area contributed by atoms with Crippen LogP contribution < -0.4 is 14.2 Å². The largest absolute Gasteiger partial charge is 0.496 e. The summed E-state index contributed by atoms with van der Waals surface area (Å²) in [5.41, 5.74) is 4.62. The van der Waals surface area contributed by atoms with Crippen LogP contribution in [0, 0.1) is 6.92 Å². The number of ketones is 1. The van der Waals surface area contributed by atoms with Gasteiger partial charge in [0.1, 0.15) is 23.9 Å². The van der Waals surface area contributed by atoms with Crippen molar-refractivity contribution in [3.63, 3.8) is 0 Å². The molecule has 0 aliphatic carbocycles. The predicted octanol–water partition coefficient (Wildman–Crippen LogP) is 6.50. The summed E-state index contributed by atoms with van der Waals surface area (Å²) in [5.74, 6) is 2.18. The second kappa shape index (κ2) is 8.54. The Morgan fingerprint density at radius 3 is 2.41 bits per heavy atom. The first-order valence-electron chi connectivity index (χ1n) is 10.7. The number of carbonyl (C=O) groups excluding carboxylic acids is 1. The van der Waals surface area contributed by atoms with E-state index in [9.17, 15) is 4.79 Å². The highest BCUT2D eigenvalue weighted by atomic mass is 16.5. The molecule has 0 unspecified atom stereocenters. The van der Waals surface area contributed by atoms with Crippen LogP contribution >= 0.6 is 0 Å². The summed E-state index contributed by atoms with van der Waals surface area (Å²) < 4.78 is 17.3. The monoisotopic (exact) mass is 428 g/mol. The van der Waals surface area contributed by atoms with Crippen LogP contribution in [0.15, 0.2) is 66.4 Å². The number of hydrogen-bond acceptors (Lipinski definition) is 4. The maximum absolute atomic E-state index is 13.0. The summed E-state index contributed by atoms with van der Waals surface area (Å²) >= 11 is 0. The summed E-state index contributed by atoms with van der Waals surface area (Å²) in [5, 5.41) is 0. The predicted molar refractivity (Wildman–Crippen MR) is 127 cm³/mol. The second-order valence-electron chi connectivity index (χ2n) is 9.03. The van der Waals surface area contributed by atoms with Gasteiger partial charge < -0.3 is 14.2 Å². The number of fused-ring (bicyclic) bond motifs is 1. The van der Waals surface area contributed by atoms with E-state index in [4.69, 9.17) is 14.2 Å². The highest BCUT2D eigenvalue weighted by molar-refractivity contribution is 6.15. The van der Waals surface area contributed by atoms with E-state index < -0.39 is 0 Å². The third-order valence-corrected chi connectivity index (χ3v) is 5.60. The molecular formula is C28H28O4. The van der Waals surface area contributed by atoms with Gasteiger partial charge in [0.05, 0.1) is 12.7 Å². The van der Waals surface area contributed by atoms with Gasteiger partial charge in [-0.1, -0.05) is 63.2 Å². The molecule has 32 heavy (non-hydrogen) atoms. The quantitative estimate of drug-likeness (QED) is 0.435. The Kier molecular flexibility index (Phi) is 5.79. The van der Waals surface area contributed by atoms with Crippen LogP contribution in [-0.2, 0) is 12.0 Å². The third kappa shape index (κ3) is 4.40. The molecule has 1 aliphatic rings. The van der Waals surface area contributed by atoms with Crippen LogP contribution in [0.2, 0.25) is 0 Å². The first-order valence-corrected chi connectivity index (χ1v) is 10.7. The summed E-state index contributed by atoms with van der Waals surface area (Å²) in [6.07, 6.45) is 1.80. The Hall–Kier alpha value is -3.53. The summed E-state index contributed by atoms with van der Waals surface area (Å²) in [6.45, 7) is 8.79. The maximum Gasteiger partial charge on any atom is 0.232 e. The molecule has 3 aromatic carbocycles. The van der Waals surface area contributed by atoms with Gasteiger partial charge in [0.2, 0.25) is 5.78 Å². The average Bonchev–Trinajstić information content (AvgIpc) is 3.07. The fraction of sp³-hybridized carbons (Fsp3) is 0.250. The molecule has 0 saturated heterocycles. The maximum atomic E-state index is 13.0. The molecule has 0 bridgehead atoms. The number of hydrogen-bond donors (Lipinski definition) is 0. The topological polar surface area (TPSA) is 44.8 Å². The lowest BCUT2D eigenvalue weighted by Gasteiger charge is -2.18. The van der Waals surface area contributed by atoms with Crippen molar-refractivity contribution in [2.75, 3.05) is 7.11 Å². The number of aryl methyl sites for hydroxylation is 1. The van der Waals surface area contributed by atoms with Crippen LogP contribution in [0.1, 0.15) is 53.4 Å². The third-order valence-electron chi connectivity index (χ3n) is 5.60. The van der Waals surface area contributed by atoms with Crippen molar-refractivity contribution in [2.24, 2.45) is 0 Å². The number of rotatable bonds is 5. The van der Waals surface area contributed by atoms with Gasteiger partial charge in [-0.2, -0.15) is 0 Å². The van der Waals surface area contributed by atoms with Gasteiger partial charge in [-0.3, -0.25) is 4.79 Å². The number of ether oxygens (including phenoxy) is 3. The minimum atomic E-state index is -0.103. The molecule has 164 valence electrons. The van der Waals surface area contributed by atoms with Gasteiger partial charge in [0.15, 0.2) is 5.76 Å². The molecule has 0 aromatic heterocycles. The summed E-state index contributed by atoms with van der Waals surface area (Å²) in [4.78, 5) is 13.0. The minimum absolute atomic E-state index is 0.0822. The molecular weight excluding hydrogens is 400 g/mol. The molecule has 1 aliphatic heterocycles. The molecule has 4 rings (SSSR count). The molecule has 0 atom stereocenters. The number of para-hydroxylation sites is 1.